The van der Waals surface area contributed by atoms with E-state index in [4.69, 9.17) is 10.00 Å². The molecule has 0 aliphatic carbocycles. The summed E-state index contributed by atoms with van der Waals surface area (Å²) in [4.78, 5) is 13.3. The molecule has 10 heteroatoms. The molecule has 162 valence electrons. The number of hydrogen-bond donors (Lipinski definition) is 0. The Bertz CT molecular complexity index is 1120. The third kappa shape index (κ3) is 5.45. The molecule has 0 atom stereocenters. The summed E-state index contributed by atoms with van der Waals surface area (Å²) in [6.07, 6.45) is 3.00. The number of nitriles is 1. The number of halogens is 2. The van der Waals surface area contributed by atoms with E-state index in [1.165, 1.54) is 11.0 Å². The maximum atomic E-state index is 13.9. The monoisotopic (exact) mass is 447 g/mol. The molecule has 1 heterocycles. The van der Waals surface area contributed by atoms with Gasteiger partial charge in [0.15, 0.2) is 6.61 Å². The largest absolute Gasteiger partial charge is 0.479 e. The predicted octanol–water partition coefficient (Wildman–Crippen LogP) is 2.41. The molecule has 0 bridgehead atoms. The SMILES string of the molecule is N#CCOc1ccc(/C=C/C(=O)N2CCN(S(=O)(=O)c3ccc(F)cc3F)CC2)cc1. The van der Waals surface area contributed by atoms with Gasteiger partial charge < -0.3 is 9.64 Å². The van der Waals surface area contributed by atoms with Crippen LogP contribution in [0.3, 0.4) is 0 Å². The van der Waals surface area contributed by atoms with Gasteiger partial charge in [0, 0.05) is 38.3 Å². The van der Waals surface area contributed by atoms with Crippen LogP contribution in [0.15, 0.2) is 53.4 Å². The summed E-state index contributed by atoms with van der Waals surface area (Å²) in [7, 11) is -4.12. The average Bonchev–Trinajstić information content (AvgIpc) is 2.76. The summed E-state index contributed by atoms with van der Waals surface area (Å²) in [5, 5.41) is 8.50. The molecule has 31 heavy (non-hydrogen) atoms. The normalized spacial score (nSPS) is 15.1. The fourth-order valence-electron chi connectivity index (χ4n) is 3.04. The third-order valence-corrected chi connectivity index (χ3v) is 6.60. The Balaban J connectivity index is 1.58. The molecule has 0 saturated carbocycles. The van der Waals surface area contributed by atoms with Crippen molar-refractivity contribution < 1.29 is 26.7 Å². The molecular formula is C21H19F2N3O4S. The Morgan fingerprint density at radius 2 is 1.77 bits per heavy atom. The first-order valence-electron chi connectivity index (χ1n) is 9.33. The first kappa shape index (κ1) is 22.4. The Morgan fingerprint density at radius 1 is 1.10 bits per heavy atom. The highest BCUT2D eigenvalue weighted by molar-refractivity contribution is 7.89. The number of ether oxygens (including phenoxy) is 1. The van der Waals surface area contributed by atoms with Crippen LogP contribution < -0.4 is 4.74 Å². The lowest BCUT2D eigenvalue weighted by Crippen LogP contribution is -2.50. The predicted molar refractivity (Wildman–Crippen MR) is 108 cm³/mol. The third-order valence-electron chi connectivity index (χ3n) is 4.66. The van der Waals surface area contributed by atoms with Crippen LogP contribution in [0.25, 0.3) is 6.08 Å². The molecule has 2 aromatic carbocycles. The van der Waals surface area contributed by atoms with Gasteiger partial charge in [-0.1, -0.05) is 12.1 Å². The van der Waals surface area contributed by atoms with Crippen LogP contribution >= 0.6 is 0 Å². The zero-order valence-corrected chi connectivity index (χ0v) is 17.2. The number of sulfonamides is 1. The number of nitrogens with zero attached hydrogens (tertiary/aromatic N) is 3. The molecule has 0 N–H and O–H groups in total. The Labute approximate surface area is 178 Å². The molecule has 0 radical (unpaired) electrons. The van der Waals surface area contributed by atoms with Crippen molar-refractivity contribution in [3.8, 4) is 11.8 Å². The smallest absolute Gasteiger partial charge is 0.246 e. The van der Waals surface area contributed by atoms with Gasteiger partial charge in [0.2, 0.25) is 15.9 Å². The molecule has 1 fully saturated rings. The Hall–Kier alpha value is -3.29. The number of carbonyl (C=O) groups is 1. The van der Waals surface area contributed by atoms with Crippen molar-refractivity contribution in [2.24, 2.45) is 0 Å². The zero-order valence-electron chi connectivity index (χ0n) is 16.4. The number of carbonyl (C=O) groups excluding carboxylic acids is 1. The lowest BCUT2D eigenvalue weighted by Gasteiger charge is -2.33. The van der Waals surface area contributed by atoms with Gasteiger partial charge in [0.25, 0.3) is 0 Å². The minimum atomic E-state index is -4.12. The van der Waals surface area contributed by atoms with Crippen molar-refractivity contribution in [3.05, 3.63) is 65.7 Å². The second-order valence-electron chi connectivity index (χ2n) is 6.65. The lowest BCUT2D eigenvalue weighted by atomic mass is 10.2. The Morgan fingerprint density at radius 3 is 2.39 bits per heavy atom. The standard InChI is InChI=1S/C21H19F2N3O4S/c22-17-4-7-20(19(23)15-17)31(28,29)26-12-10-25(11-13-26)21(27)8-3-16-1-5-18(6-2-16)30-14-9-24/h1-8,15H,10-14H2/b8-3+. The topological polar surface area (TPSA) is 90.7 Å². The van der Waals surface area contributed by atoms with E-state index in [0.717, 1.165) is 22.0 Å². The zero-order chi connectivity index (χ0) is 22.4. The first-order chi connectivity index (χ1) is 14.8. The molecule has 2 aromatic rings. The van der Waals surface area contributed by atoms with Crippen LogP contribution in [-0.4, -0.2) is 56.3 Å². The van der Waals surface area contributed by atoms with E-state index >= 15 is 0 Å². The second kappa shape index (κ2) is 9.68. The second-order valence-corrected chi connectivity index (χ2v) is 8.56. The molecule has 1 saturated heterocycles. The van der Waals surface area contributed by atoms with Crippen molar-refractivity contribution in [3.63, 3.8) is 0 Å². The summed E-state index contributed by atoms with van der Waals surface area (Å²) in [6, 6.07) is 11.0. The van der Waals surface area contributed by atoms with Crippen molar-refractivity contribution in [1.29, 1.82) is 5.26 Å². The summed E-state index contributed by atoms with van der Waals surface area (Å²) >= 11 is 0. The van der Waals surface area contributed by atoms with Gasteiger partial charge in [0.1, 0.15) is 28.3 Å². The van der Waals surface area contributed by atoms with Crippen molar-refractivity contribution in [2.75, 3.05) is 32.8 Å². The number of piperazine rings is 1. The maximum Gasteiger partial charge on any atom is 0.246 e. The van der Waals surface area contributed by atoms with Crippen LogP contribution in [0, 0.1) is 23.0 Å². The quantitative estimate of drug-likeness (QED) is 0.635. The van der Waals surface area contributed by atoms with Gasteiger partial charge in [0.05, 0.1) is 0 Å². The number of rotatable bonds is 6. The van der Waals surface area contributed by atoms with Crippen LogP contribution in [0.5, 0.6) is 5.75 Å². The first-order valence-corrected chi connectivity index (χ1v) is 10.8. The molecular weight excluding hydrogens is 428 g/mol. The van der Waals surface area contributed by atoms with E-state index in [9.17, 15) is 22.0 Å². The van der Waals surface area contributed by atoms with E-state index < -0.39 is 26.6 Å². The van der Waals surface area contributed by atoms with Gasteiger partial charge in [-0.25, -0.2) is 17.2 Å². The van der Waals surface area contributed by atoms with Crippen molar-refractivity contribution >= 4 is 22.0 Å². The number of benzene rings is 2. The van der Waals surface area contributed by atoms with Crippen molar-refractivity contribution in [2.45, 2.75) is 4.90 Å². The van der Waals surface area contributed by atoms with Crippen LogP contribution in [-0.2, 0) is 14.8 Å². The van der Waals surface area contributed by atoms with Gasteiger partial charge in [-0.2, -0.15) is 9.57 Å². The highest BCUT2D eigenvalue weighted by atomic mass is 32.2. The van der Waals surface area contributed by atoms with Gasteiger partial charge in [-0.05, 0) is 35.9 Å². The van der Waals surface area contributed by atoms with E-state index in [1.807, 2.05) is 6.07 Å². The van der Waals surface area contributed by atoms with Crippen molar-refractivity contribution in [1.82, 2.24) is 9.21 Å². The molecule has 0 spiro atoms. The van der Waals surface area contributed by atoms with E-state index in [0.29, 0.717) is 11.8 Å². The molecule has 1 aliphatic rings. The Kier molecular flexibility index (Phi) is 6.99. The fourth-order valence-corrected chi connectivity index (χ4v) is 4.50. The minimum absolute atomic E-state index is 0.00363. The fraction of sp³-hybridized carbons (Fsp3) is 0.238. The van der Waals surface area contributed by atoms with E-state index in [2.05, 4.69) is 0 Å². The van der Waals surface area contributed by atoms with Crippen LogP contribution in [0.2, 0.25) is 0 Å². The van der Waals surface area contributed by atoms with Gasteiger partial charge in [-0.15, -0.1) is 0 Å². The highest BCUT2D eigenvalue weighted by Gasteiger charge is 2.31. The summed E-state index contributed by atoms with van der Waals surface area (Å²) in [5.41, 5.74) is 0.755. The average molecular weight is 447 g/mol. The molecule has 0 aromatic heterocycles. The molecule has 1 aliphatic heterocycles. The summed E-state index contributed by atoms with van der Waals surface area (Å²) in [5.74, 6) is -1.75. The maximum absolute atomic E-state index is 13.9. The molecule has 0 unspecified atom stereocenters. The summed E-state index contributed by atoms with van der Waals surface area (Å²) in [6.45, 7) is 0.245. The summed E-state index contributed by atoms with van der Waals surface area (Å²) < 4.78 is 58.5. The lowest BCUT2D eigenvalue weighted by molar-refractivity contribution is -0.127. The van der Waals surface area contributed by atoms with Crippen LogP contribution in [0.4, 0.5) is 8.78 Å². The van der Waals surface area contributed by atoms with Gasteiger partial charge >= 0.3 is 0 Å². The molecule has 7 nitrogen and oxygen atoms in total. The number of hydrogen-bond acceptors (Lipinski definition) is 5. The minimum Gasteiger partial charge on any atom is -0.479 e. The number of amides is 1. The van der Waals surface area contributed by atoms with Crippen LogP contribution in [0.1, 0.15) is 5.56 Å². The highest BCUT2D eigenvalue weighted by Crippen LogP contribution is 2.21. The van der Waals surface area contributed by atoms with E-state index in [1.54, 1.807) is 30.3 Å². The van der Waals surface area contributed by atoms with Gasteiger partial charge in [-0.3, -0.25) is 4.79 Å². The molecule has 3 rings (SSSR count). The van der Waals surface area contributed by atoms with E-state index in [-0.39, 0.29) is 38.7 Å². The molecule has 1 amide bonds.